The number of ether oxygens (including phenoxy) is 1. The quantitative estimate of drug-likeness (QED) is 0.749. The van der Waals surface area contributed by atoms with Gasteiger partial charge in [-0.2, -0.15) is 5.10 Å². The first kappa shape index (κ1) is 17.8. The lowest BCUT2D eigenvalue weighted by Gasteiger charge is -2.34. The monoisotopic (exact) mass is 346 g/mol. The maximum atomic E-state index is 10.1. The molecule has 2 N–H and O–H groups in total. The second-order valence-corrected chi connectivity index (χ2v) is 6.47. The zero-order chi connectivity index (χ0) is 17.5. The second kappa shape index (κ2) is 8.94. The standard InChI is InChI=1S/C18H26N4O3/c1-14-6-7-18(21-20-14)22-8-2-4-15(11-22)19-10-16(23)12-24-13-17-5-3-9-25-17/h3,5-7,9,15-16,19,23H,2,4,8,10-13H2,1H3/t15-,16-/m0/s1. The van der Waals surface area contributed by atoms with E-state index in [-0.39, 0.29) is 6.61 Å². The number of hydrogen-bond donors (Lipinski definition) is 2. The highest BCUT2D eigenvalue weighted by Crippen LogP contribution is 2.17. The van der Waals surface area contributed by atoms with Crippen molar-refractivity contribution in [1.29, 1.82) is 0 Å². The molecule has 0 unspecified atom stereocenters. The van der Waals surface area contributed by atoms with Crippen molar-refractivity contribution >= 4 is 5.82 Å². The SMILES string of the molecule is Cc1ccc(N2CCC[C@H](NC[C@H](O)COCc3ccco3)C2)nn1. The van der Waals surface area contributed by atoms with Gasteiger partial charge in [-0.3, -0.25) is 0 Å². The summed E-state index contributed by atoms with van der Waals surface area (Å²) in [6.45, 7) is 4.98. The minimum absolute atomic E-state index is 0.285. The number of hydrogen-bond acceptors (Lipinski definition) is 7. The van der Waals surface area contributed by atoms with Crippen LogP contribution in [-0.4, -0.2) is 53.7 Å². The summed E-state index contributed by atoms with van der Waals surface area (Å²) in [5, 5.41) is 21.9. The van der Waals surface area contributed by atoms with Crippen LogP contribution in [0.3, 0.4) is 0 Å². The fourth-order valence-electron chi connectivity index (χ4n) is 2.96. The van der Waals surface area contributed by atoms with Gasteiger partial charge in [0, 0.05) is 25.7 Å². The normalized spacial score (nSPS) is 19.1. The lowest BCUT2D eigenvalue weighted by atomic mass is 10.1. The van der Waals surface area contributed by atoms with E-state index >= 15 is 0 Å². The van der Waals surface area contributed by atoms with E-state index in [0.717, 1.165) is 43.2 Å². The van der Waals surface area contributed by atoms with Crippen molar-refractivity contribution in [2.45, 2.75) is 38.5 Å². The Morgan fingerprint density at radius 1 is 1.40 bits per heavy atom. The van der Waals surface area contributed by atoms with Crippen molar-refractivity contribution in [2.75, 3.05) is 31.1 Å². The molecule has 0 aromatic carbocycles. The number of anilines is 1. The third-order valence-electron chi connectivity index (χ3n) is 4.31. The smallest absolute Gasteiger partial charge is 0.151 e. The average Bonchev–Trinajstić information content (AvgIpc) is 3.14. The van der Waals surface area contributed by atoms with Crippen LogP contribution in [0.15, 0.2) is 34.9 Å². The molecule has 1 saturated heterocycles. The average molecular weight is 346 g/mol. The summed E-state index contributed by atoms with van der Waals surface area (Å²) < 4.78 is 10.7. The first-order valence-corrected chi connectivity index (χ1v) is 8.77. The Labute approximate surface area is 148 Å². The van der Waals surface area contributed by atoms with E-state index in [1.54, 1.807) is 6.26 Å². The summed E-state index contributed by atoms with van der Waals surface area (Å²) in [5.74, 6) is 1.68. The van der Waals surface area contributed by atoms with Gasteiger partial charge in [0.2, 0.25) is 0 Å². The van der Waals surface area contributed by atoms with E-state index in [0.29, 0.717) is 19.2 Å². The number of aliphatic hydroxyl groups is 1. The maximum Gasteiger partial charge on any atom is 0.151 e. The molecule has 1 aliphatic heterocycles. The third kappa shape index (κ3) is 5.52. The van der Waals surface area contributed by atoms with Crippen molar-refractivity contribution in [2.24, 2.45) is 0 Å². The molecule has 0 radical (unpaired) electrons. The van der Waals surface area contributed by atoms with Crippen LogP contribution in [0.2, 0.25) is 0 Å². The molecule has 1 fully saturated rings. The summed E-state index contributed by atoms with van der Waals surface area (Å²) in [6.07, 6.45) is 3.27. The van der Waals surface area contributed by atoms with E-state index in [1.165, 1.54) is 0 Å². The highest BCUT2D eigenvalue weighted by molar-refractivity contribution is 5.38. The molecule has 7 heteroatoms. The van der Waals surface area contributed by atoms with Gasteiger partial charge >= 0.3 is 0 Å². The van der Waals surface area contributed by atoms with Gasteiger partial charge in [-0.1, -0.05) is 0 Å². The largest absolute Gasteiger partial charge is 0.467 e. The molecule has 2 aromatic rings. The zero-order valence-electron chi connectivity index (χ0n) is 14.6. The molecule has 136 valence electrons. The lowest BCUT2D eigenvalue weighted by Crippen LogP contribution is -2.48. The van der Waals surface area contributed by atoms with Gasteiger partial charge < -0.3 is 24.5 Å². The molecule has 7 nitrogen and oxygen atoms in total. The van der Waals surface area contributed by atoms with Gasteiger partial charge in [-0.15, -0.1) is 5.10 Å². The summed E-state index contributed by atoms with van der Waals surface area (Å²) in [6, 6.07) is 8.01. The molecule has 25 heavy (non-hydrogen) atoms. The fourth-order valence-corrected chi connectivity index (χ4v) is 2.96. The minimum Gasteiger partial charge on any atom is -0.467 e. The highest BCUT2D eigenvalue weighted by Gasteiger charge is 2.21. The molecule has 3 heterocycles. The Morgan fingerprint density at radius 3 is 3.08 bits per heavy atom. The predicted molar refractivity (Wildman–Crippen MR) is 94.4 cm³/mol. The number of nitrogens with zero attached hydrogens (tertiary/aromatic N) is 3. The van der Waals surface area contributed by atoms with Crippen LogP contribution in [0, 0.1) is 6.92 Å². The Bertz CT molecular complexity index is 618. The number of furan rings is 1. The molecule has 2 aromatic heterocycles. The minimum atomic E-state index is -0.537. The van der Waals surface area contributed by atoms with Crippen LogP contribution in [0.5, 0.6) is 0 Å². The molecule has 0 amide bonds. The molecule has 1 aliphatic rings. The van der Waals surface area contributed by atoms with E-state index in [4.69, 9.17) is 9.15 Å². The number of aliphatic hydroxyl groups excluding tert-OH is 1. The van der Waals surface area contributed by atoms with E-state index < -0.39 is 6.10 Å². The van der Waals surface area contributed by atoms with Crippen molar-refractivity contribution in [3.63, 3.8) is 0 Å². The number of aromatic nitrogens is 2. The first-order chi connectivity index (χ1) is 12.2. The second-order valence-electron chi connectivity index (χ2n) is 6.47. The van der Waals surface area contributed by atoms with Crippen molar-refractivity contribution in [3.8, 4) is 0 Å². The molecule has 0 aliphatic carbocycles. The van der Waals surface area contributed by atoms with E-state index in [9.17, 15) is 5.11 Å². The molecule has 0 spiro atoms. The Balaban J connectivity index is 1.38. The predicted octanol–water partition coefficient (Wildman–Crippen LogP) is 1.51. The molecular formula is C18H26N4O3. The number of rotatable bonds is 8. The highest BCUT2D eigenvalue weighted by atomic mass is 16.5. The molecular weight excluding hydrogens is 320 g/mol. The Hall–Kier alpha value is -1.96. The van der Waals surface area contributed by atoms with Gasteiger partial charge in [-0.25, -0.2) is 0 Å². The molecule has 0 bridgehead atoms. The lowest BCUT2D eigenvalue weighted by molar-refractivity contribution is 0.0213. The Morgan fingerprint density at radius 2 is 2.32 bits per heavy atom. The van der Waals surface area contributed by atoms with Crippen molar-refractivity contribution in [3.05, 3.63) is 42.0 Å². The van der Waals surface area contributed by atoms with Gasteiger partial charge in [-0.05, 0) is 44.0 Å². The molecule has 0 saturated carbocycles. The summed E-state index contributed by atoms with van der Waals surface area (Å²) >= 11 is 0. The van der Waals surface area contributed by atoms with Gasteiger partial charge in [0.05, 0.1) is 24.7 Å². The zero-order valence-corrected chi connectivity index (χ0v) is 14.6. The topological polar surface area (TPSA) is 83.7 Å². The van der Waals surface area contributed by atoms with Crippen LogP contribution in [0.1, 0.15) is 24.3 Å². The van der Waals surface area contributed by atoms with Crippen molar-refractivity contribution in [1.82, 2.24) is 15.5 Å². The summed E-state index contributed by atoms with van der Waals surface area (Å²) in [5.41, 5.74) is 0.924. The third-order valence-corrected chi connectivity index (χ3v) is 4.31. The van der Waals surface area contributed by atoms with Gasteiger partial charge in [0.15, 0.2) is 5.82 Å². The van der Waals surface area contributed by atoms with Gasteiger partial charge in [0.1, 0.15) is 12.4 Å². The van der Waals surface area contributed by atoms with E-state index in [1.807, 2.05) is 31.2 Å². The number of nitrogens with one attached hydrogen (secondary N) is 1. The molecule has 2 atom stereocenters. The van der Waals surface area contributed by atoms with Crippen LogP contribution >= 0.6 is 0 Å². The number of piperidine rings is 1. The first-order valence-electron chi connectivity index (χ1n) is 8.77. The van der Waals surface area contributed by atoms with Crippen LogP contribution in [-0.2, 0) is 11.3 Å². The van der Waals surface area contributed by atoms with Crippen LogP contribution < -0.4 is 10.2 Å². The van der Waals surface area contributed by atoms with Crippen LogP contribution in [0.4, 0.5) is 5.82 Å². The number of aryl methyl sites for hydroxylation is 1. The maximum absolute atomic E-state index is 10.1. The fraction of sp³-hybridized carbons (Fsp3) is 0.556. The van der Waals surface area contributed by atoms with Gasteiger partial charge in [0.25, 0.3) is 0 Å². The van der Waals surface area contributed by atoms with Crippen LogP contribution in [0.25, 0.3) is 0 Å². The van der Waals surface area contributed by atoms with Crippen molar-refractivity contribution < 1.29 is 14.3 Å². The Kier molecular flexibility index (Phi) is 6.38. The van der Waals surface area contributed by atoms with E-state index in [2.05, 4.69) is 20.4 Å². The summed E-state index contributed by atoms with van der Waals surface area (Å²) in [4.78, 5) is 2.24. The summed E-state index contributed by atoms with van der Waals surface area (Å²) in [7, 11) is 0. The molecule has 3 rings (SSSR count).